The summed E-state index contributed by atoms with van der Waals surface area (Å²) in [5, 5.41) is 2.91. The molecule has 2 rings (SSSR count). The third kappa shape index (κ3) is 6.60. The van der Waals surface area contributed by atoms with E-state index < -0.39 is 16.1 Å². The van der Waals surface area contributed by atoms with Crippen LogP contribution in [0.4, 0.5) is 5.69 Å². The first kappa shape index (κ1) is 22.9. The van der Waals surface area contributed by atoms with Gasteiger partial charge in [0.25, 0.3) is 0 Å². The highest BCUT2D eigenvalue weighted by molar-refractivity contribution is 7.92. The van der Waals surface area contributed by atoms with Crippen LogP contribution >= 0.6 is 0 Å². The first-order valence-electron chi connectivity index (χ1n) is 10.1. The Morgan fingerprint density at radius 2 is 1.66 bits per heavy atom. The number of amides is 1. The van der Waals surface area contributed by atoms with Crippen molar-refractivity contribution in [2.45, 2.75) is 52.0 Å². The second-order valence-electron chi connectivity index (χ2n) is 7.61. The van der Waals surface area contributed by atoms with E-state index in [1.165, 1.54) is 15.4 Å². The zero-order valence-electron chi connectivity index (χ0n) is 17.8. The number of hydrogen-bond acceptors (Lipinski definition) is 3. The number of nitrogens with zero attached hydrogens (tertiary/aromatic N) is 1. The SMILES string of the molecule is CC[C@@H](C(=O)NCCCc1ccc(C(C)C)cc1)N(c1ccccc1)S(C)(=O)=O. The maximum absolute atomic E-state index is 12.7. The second kappa shape index (κ2) is 10.4. The molecular weight excluding hydrogens is 384 g/mol. The van der Waals surface area contributed by atoms with Crippen LogP contribution in [0.1, 0.15) is 50.7 Å². The van der Waals surface area contributed by atoms with E-state index in [9.17, 15) is 13.2 Å². The molecule has 0 saturated carbocycles. The van der Waals surface area contributed by atoms with Crippen molar-refractivity contribution in [3.05, 3.63) is 65.7 Å². The van der Waals surface area contributed by atoms with Crippen LogP contribution in [0.2, 0.25) is 0 Å². The predicted molar refractivity (Wildman–Crippen MR) is 120 cm³/mol. The summed E-state index contributed by atoms with van der Waals surface area (Å²) in [6.45, 7) is 6.67. The van der Waals surface area contributed by atoms with Crippen molar-refractivity contribution in [2.75, 3.05) is 17.1 Å². The summed E-state index contributed by atoms with van der Waals surface area (Å²) in [5.74, 6) is 0.244. The Labute approximate surface area is 175 Å². The lowest BCUT2D eigenvalue weighted by atomic mass is 10.0. The molecule has 1 amide bonds. The monoisotopic (exact) mass is 416 g/mol. The number of aryl methyl sites for hydroxylation is 1. The van der Waals surface area contributed by atoms with Crippen LogP contribution < -0.4 is 9.62 Å². The van der Waals surface area contributed by atoms with Crippen molar-refractivity contribution in [1.82, 2.24) is 5.32 Å². The van der Waals surface area contributed by atoms with Gasteiger partial charge in [0.15, 0.2) is 0 Å². The number of carbonyl (C=O) groups is 1. The van der Waals surface area contributed by atoms with Gasteiger partial charge in [0.2, 0.25) is 15.9 Å². The molecule has 0 aliphatic carbocycles. The Hall–Kier alpha value is -2.34. The van der Waals surface area contributed by atoms with E-state index in [0.717, 1.165) is 19.1 Å². The van der Waals surface area contributed by atoms with Gasteiger partial charge in [-0.05, 0) is 48.4 Å². The number of benzene rings is 2. The molecule has 0 aliphatic heterocycles. The molecule has 0 spiro atoms. The zero-order valence-corrected chi connectivity index (χ0v) is 18.6. The summed E-state index contributed by atoms with van der Waals surface area (Å²) in [7, 11) is -3.59. The Kier molecular flexibility index (Phi) is 8.26. The number of para-hydroxylation sites is 1. The molecule has 29 heavy (non-hydrogen) atoms. The molecule has 0 unspecified atom stereocenters. The van der Waals surface area contributed by atoms with Crippen molar-refractivity contribution in [3.8, 4) is 0 Å². The first-order chi connectivity index (χ1) is 13.7. The largest absolute Gasteiger partial charge is 0.354 e. The number of sulfonamides is 1. The van der Waals surface area contributed by atoms with Crippen molar-refractivity contribution in [3.63, 3.8) is 0 Å². The van der Waals surface area contributed by atoms with Crippen molar-refractivity contribution in [1.29, 1.82) is 0 Å². The highest BCUT2D eigenvalue weighted by atomic mass is 32.2. The molecular formula is C23H32N2O3S. The summed E-state index contributed by atoms with van der Waals surface area (Å²) in [4.78, 5) is 12.7. The standard InChI is InChI=1S/C23H32N2O3S/c1-5-22(25(29(4,27)28)21-11-7-6-8-12-21)23(26)24-17-9-10-19-13-15-20(16-14-19)18(2)3/h6-8,11-16,18,22H,5,9-10,17H2,1-4H3,(H,24,26)/t22-/m0/s1. The first-order valence-corrected chi connectivity index (χ1v) is 12.0. The van der Waals surface area contributed by atoms with Crippen LogP contribution in [-0.2, 0) is 21.2 Å². The summed E-state index contributed by atoms with van der Waals surface area (Å²) < 4.78 is 26.0. The minimum atomic E-state index is -3.59. The Morgan fingerprint density at radius 1 is 1.03 bits per heavy atom. The van der Waals surface area contributed by atoms with Crippen LogP contribution in [0, 0.1) is 0 Å². The normalized spacial score (nSPS) is 12.6. The zero-order chi connectivity index (χ0) is 21.4. The maximum atomic E-state index is 12.7. The number of rotatable bonds is 10. The van der Waals surface area contributed by atoms with Crippen LogP contribution in [0.15, 0.2) is 54.6 Å². The molecule has 0 saturated heterocycles. The fourth-order valence-corrected chi connectivity index (χ4v) is 4.54. The number of hydrogen-bond donors (Lipinski definition) is 1. The van der Waals surface area contributed by atoms with E-state index in [2.05, 4.69) is 43.4 Å². The third-order valence-corrected chi connectivity index (χ3v) is 6.11. The Morgan fingerprint density at radius 3 is 2.17 bits per heavy atom. The number of anilines is 1. The molecule has 0 aliphatic rings. The molecule has 0 radical (unpaired) electrons. The van der Waals surface area contributed by atoms with E-state index in [4.69, 9.17) is 0 Å². The molecule has 0 bridgehead atoms. The van der Waals surface area contributed by atoms with Crippen LogP contribution in [-0.4, -0.2) is 33.2 Å². The van der Waals surface area contributed by atoms with Gasteiger partial charge in [-0.1, -0.05) is 63.2 Å². The van der Waals surface area contributed by atoms with E-state index in [1.807, 2.05) is 13.0 Å². The molecule has 2 aromatic carbocycles. The van der Waals surface area contributed by atoms with Crippen molar-refractivity contribution < 1.29 is 13.2 Å². The fourth-order valence-electron chi connectivity index (χ4n) is 3.33. The van der Waals surface area contributed by atoms with Gasteiger partial charge in [-0.3, -0.25) is 9.10 Å². The van der Waals surface area contributed by atoms with Gasteiger partial charge in [-0.25, -0.2) is 8.42 Å². The van der Waals surface area contributed by atoms with E-state index in [-0.39, 0.29) is 5.91 Å². The summed E-state index contributed by atoms with van der Waals surface area (Å²) >= 11 is 0. The highest BCUT2D eigenvalue weighted by Gasteiger charge is 2.31. The predicted octanol–water partition coefficient (Wildman–Crippen LogP) is 4.10. The lowest BCUT2D eigenvalue weighted by Crippen LogP contribution is -2.49. The van der Waals surface area contributed by atoms with E-state index >= 15 is 0 Å². The molecule has 0 heterocycles. The Bertz CT molecular complexity index is 878. The van der Waals surface area contributed by atoms with Gasteiger partial charge >= 0.3 is 0 Å². The quantitative estimate of drug-likeness (QED) is 0.593. The van der Waals surface area contributed by atoms with Crippen LogP contribution in [0.5, 0.6) is 0 Å². The minimum absolute atomic E-state index is 0.267. The third-order valence-electron chi connectivity index (χ3n) is 4.93. The van der Waals surface area contributed by atoms with Gasteiger partial charge < -0.3 is 5.32 Å². The van der Waals surface area contributed by atoms with E-state index in [1.54, 1.807) is 24.3 Å². The molecule has 0 aromatic heterocycles. The highest BCUT2D eigenvalue weighted by Crippen LogP contribution is 2.22. The summed E-state index contributed by atoms with van der Waals surface area (Å²) in [5.41, 5.74) is 3.05. The number of nitrogens with one attached hydrogen (secondary N) is 1. The molecule has 1 atom stereocenters. The lowest BCUT2D eigenvalue weighted by Gasteiger charge is -2.30. The molecule has 5 nitrogen and oxygen atoms in total. The van der Waals surface area contributed by atoms with Gasteiger partial charge in [-0.2, -0.15) is 0 Å². The average molecular weight is 417 g/mol. The van der Waals surface area contributed by atoms with Crippen molar-refractivity contribution in [2.24, 2.45) is 0 Å². The van der Waals surface area contributed by atoms with E-state index in [0.29, 0.717) is 24.6 Å². The second-order valence-corrected chi connectivity index (χ2v) is 9.47. The topological polar surface area (TPSA) is 66.5 Å². The van der Waals surface area contributed by atoms with Gasteiger partial charge in [0, 0.05) is 6.54 Å². The lowest BCUT2D eigenvalue weighted by molar-refractivity contribution is -0.122. The van der Waals surface area contributed by atoms with Gasteiger partial charge in [0.1, 0.15) is 6.04 Å². The minimum Gasteiger partial charge on any atom is -0.354 e. The molecule has 6 heteroatoms. The van der Waals surface area contributed by atoms with Crippen LogP contribution in [0.3, 0.4) is 0 Å². The molecule has 158 valence electrons. The Balaban J connectivity index is 1.96. The van der Waals surface area contributed by atoms with Gasteiger partial charge in [0.05, 0.1) is 11.9 Å². The fraction of sp³-hybridized carbons (Fsp3) is 0.435. The van der Waals surface area contributed by atoms with Gasteiger partial charge in [-0.15, -0.1) is 0 Å². The average Bonchev–Trinajstić information content (AvgIpc) is 2.69. The maximum Gasteiger partial charge on any atom is 0.243 e. The molecule has 0 fully saturated rings. The molecule has 2 aromatic rings. The van der Waals surface area contributed by atoms with Crippen molar-refractivity contribution >= 4 is 21.6 Å². The summed E-state index contributed by atoms with van der Waals surface area (Å²) in [6.07, 6.45) is 3.19. The van der Waals surface area contributed by atoms with Crippen LogP contribution in [0.25, 0.3) is 0 Å². The number of carbonyl (C=O) groups excluding carboxylic acids is 1. The smallest absolute Gasteiger partial charge is 0.243 e. The molecule has 1 N–H and O–H groups in total. The summed E-state index contributed by atoms with van der Waals surface area (Å²) in [6, 6.07) is 16.6.